The molecule has 1 aromatic heterocycles. The Morgan fingerprint density at radius 1 is 1.19 bits per heavy atom. The van der Waals surface area contributed by atoms with E-state index in [9.17, 15) is 24.6 Å². The van der Waals surface area contributed by atoms with Crippen LogP contribution < -0.4 is 0 Å². The molecule has 3 fully saturated rings. The van der Waals surface area contributed by atoms with Crippen molar-refractivity contribution in [3.63, 3.8) is 0 Å². The normalized spacial score (nSPS) is 36.2. The van der Waals surface area contributed by atoms with Crippen molar-refractivity contribution < 1.29 is 24.6 Å². The number of aliphatic hydroxyl groups excluding tert-OH is 1. The second-order valence-corrected chi connectivity index (χ2v) is 12.2. The second-order valence-electron chi connectivity index (χ2n) is 12.2. The monoisotopic (exact) mass is 502 g/mol. The number of nitrogens with zero attached hydrogens (tertiary/aromatic N) is 2. The predicted molar refractivity (Wildman–Crippen MR) is 137 cm³/mol. The average molecular weight is 503 g/mol. The highest BCUT2D eigenvalue weighted by molar-refractivity contribution is 5.94. The van der Waals surface area contributed by atoms with Gasteiger partial charge in [0.2, 0.25) is 0 Å². The third-order valence-electron chi connectivity index (χ3n) is 10.4. The molecule has 7 heteroatoms. The lowest BCUT2D eigenvalue weighted by molar-refractivity contribution is -0.169. The quantitative estimate of drug-likeness (QED) is 0.617. The van der Waals surface area contributed by atoms with E-state index in [1.165, 1.54) is 5.57 Å². The molecule has 194 valence electrons. The molecule has 0 aliphatic heterocycles. The first-order chi connectivity index (χ1) is 17.5. The number of rotatable bonds is 4. The number of fused-ring (bicyclic) bond motifs is 6. The van der Waals surface area contributed by atoms with Crippen molar-refractivity contribution in [2.75, 3.05) is 6.61 Å². The van der Waals surface area contributed by atoms with Gasteiger partial charge in [-0.2, -0.15) is 5.10 Å². The summed E-state index contributed by atoms with van der Waals surface area (Å²) in [5, 5.41) is 25.6. The minimum absolute atomic E-state index is 0.00874. The largest absolute Gasteiger partial charge is 0.388 e. The molecule has 6 rings (SSSR count). The summed E-state index contributed by atoms with van der Waals surface area (Å²) in [6.07, 6.45) is 7.63. The summed E-state index contributed by atoms with van der Waals surface area (Å²) >= 11 is 0. The third kappa shape index (κ3) is 3.20. The first-order valence-corrected chi connectivity index (χ1v) is 13.3. The van der Waals surface area contributed by atoms with Crippen LogP contribution >= 0.6 is 0 Å². The van der Waals surface area contributed by atoms with Crippen molar-refractivity contribution in [1.29, 1.82) is 0 Å². The van der Waals surface area contributed by atoms with E-state index < -0.39 is 23.4 Å². The highest BCUT2D eigenvalue weighted by Gasteiger charge is 2.68. The van der Waals surface area contributed by atoms with Crippen LogP contribution in [0.15, 0.2) is 36.0 Å². The first-order valence-electron chi connectivity index (χ1n) is 13.3. The molecule has 0 spiro atoms. The van der Waals surface area contributed by atoms with E-state index in [1.807, 2.05) is 36.0 Å². The van der Waals surface area contributed by atoms with Gasteiger partial charge in [-0.25, -0.2) is 4.68 Å². The van der Waals surface area contributed by atoms with Crippen molar-refractivity contribution in [2.24, 2.45) is 28.6 Å². The van der Waals surface area contributed by atoms with Gasteiger partial charge in [0.1, 0.15) is 18.0 Å². The Bertz CT molecular complexity index is 1370. The molecule has 3 saturated carbocycles. The number of carbonyl (C=O) groups is 3. The van der Waals surface area contributed by atoms with Crippen LogP contribution in [0.25, 0.3) is 11.8 Å². The lowest BCUT2D eigenvalue weighted by Crippen LogP contribution is -2.61. The molecule has 0 radical (unpaired) electrons. The van der Waals surface area contributed by atoms with E-state index in [-0.39, 0.29) is 41.2 Å². The van der Waals surface area contributed by atoms with E-state index in [0.717, 1.165) is 29.8 Å². The van der Waals surface area contributed by atoms with Gasteiger partial charge in [-0.3, -0.25) is 14.4 Å². The first kappa shape index (κ1) is 24.4. The Labute approximate surface area is 216 Å². The lowest BCUT2D eigenvalue weighted by atomic mass is 9.46. The van der Waals surface area contributed by atoms with Crippen molar-refractivity contribution in [1.82, 2.24) is 9.78 Å². The van der Waals surface area contributed by atoms with Gasteiger partial charge in [0.15, 0.2) is 11.6 Å². The Kier molecular flexibility index (Phi) is 5.32. The standard InChI is InChI=1S/C30H34N2O5/c1-17(34)18-5-4-6-21(11-18)32-24-12-20-7-8-22-23-9-10-30(37,26(36)16-33)29(23,3)14-25(35)27(22)28(20,2)13-19(24)15-31-32/h4-6,11-12,15,22-23,27,33,37H,7-10,13-14,16H2,1-3H3/t22-,23-,27+,28-,29-,30-/m0/s1. The maximum Gasteiger partial charge on any atom is 0.190 e. The minimum Gasteiger partial charge on any atom is -0.388 e. The number of Topliss-reactive ketones (excluding diaryl/α,β-unsaturated/α-hetero) is 3. The average Bonchev–Trinajstić information content (AvgIpc) is 3.39. The molecule has 0 unspecified atom stereocenters. The van der Waals surface area contributed by atoms with E-state index in [2.05, 4.69) is 18.1 Å². The highest BCUT2D eigenvalue weighted by atomic mass is 16.3. The molecule has 6 atom stereocenters. The van der Waals surface area contributed by atoms with E-state index in [0.29, 0.717) is 24.8 Å². The molecule has 4 aliphatic rings. The maximum atomic E-state index is 13.9. The van der Waals surface area contributed by atoms with Gasteiger partial charge in [0, 0.05) is 28.7 Å². The summed E-state index contributed by atoms with van der Waals surface area (Å²) < 4.78 is 1.89. The molecule has 7 nitrogen and oxygen atoms in total. The maximum absolute atomic E-state index is 13.9. The van der Waals surface area contributed by atoms with Crippen molar-refractivity contribution in [3.8, 4) is 5.69 Å². The zero-order valence-electron chi connectivity index (χ0n) is 21.7. The smallest absolute Gasteiger partial charge is 0.190 e. The Hall–Kier alpha value is -2.90. The second kappa shape index (κ2) is 8.05. The van der Waals surface area contributed by atoms with Crippen LogP contribution in [0.4, 0.5) is 0 Å². The summed E-state index contributed by atoms with van der Waals surface area (Å²) in [6.45, 7) is 4.94. The molecule has 2 aromatic rings. The lowest BCUT2D eigenvalue weighted by Gasteiger charge is -2.57. The Morgan fingerprint density at radius 3 is 2.70 bits per heavy atom. The summed E-state index contributed by atoms with van der Waals surface area (Å²) in [6, 6.07) is 7.48. The minimum atomic E-state index is -1.64. The van der Waals surface area contributed by atoms with Gasteiger partial charge in [-0.15, -0.1) is 0 Å². The molecule has 0 amide bonds. The fourth-order valence-electron chi connectivity index (χ4n) is 8.54. The number of aliphatic hydroxyl groups is 2. The van der Waals surface area contributed by atoms with E-state index >= 15 is 0 Å². The van der Waals surface area contributed by atoms with Crippen LogP contribution in [0.3, 0.4) is 0 Å². The zero-order valence-corrected chi connectivity index (χ0v) is 21.7. The Morgan fingerprint density at radius 2 is 1.97 bits per heavy atom. The van der Waals surface area contributed by atoms with Crippen LogP contribution in [0.1, 0.15) is 74.5 Å². The van der Waals surface area contributed by atoms with Crippen LogP contribution in [-0.2, 0) is 16.0 Å². The number of ketones is 3. The fourth-order valence-corrected chi connectivity index (χ4v) is 8.54. The number of hydrogen-bond donors (Lipinski definition) is 2. The topological polar surface area (TPSA) is 109 Å². The van der Waals surface area contributed by atoms with Gasteiger partial charge in [0.05, 0.1) is 17.6 Å². The molecule has 0 saturated heterocycles. The predicted octanol–water partition coefficient (Wildman–Crippen LogP) is 3.73. The van der Waals surface area contributed by atoms with Crippen molar-refractivity contribution >= 4 is 23.4 Å². The molecule has 4 aliphatic carbocycles. The van der Waals surface area contributed by atoms with Gasteiger partial charge in [-0.05, 0) is 74.6 Å². The SMILES string of the molecule is CC(=O)c1cccc(-n2ncc3c2C=C2CC[C@@H]4[C@H](C(=O)C[C@@]5(C)[C@H]4CC[C@]5(O)C(=O)CO)[C@@]2(C)C3)c1. The van der Waals surface area contributed by atoms with Crippen LogP contribution in [0, 0.1) is 28.6 Å². The Balaban J connectivity index is 1.37. The zero-order chi connectivity index (χ0) is 26.3. The van der Waals surface area contributed by atoms with Crippen LogP contribution in [-0.4, -0.2) is 49.6 Å². The van der Waals surface area contributed by atoms with Gasteiger partial charge < -0.3 is 10.2 Å². The number of aromatic nitrogens is 2. The summed E-state index contributed by atoms with van der Waals surface area (Å²) in [7, 11) is 0. The number of hydrogen-bond acceptors (Lipinski definition) is 6. The highest BCUT2D eigenvalue weighted by Crippen LogP contribution is 2.66. The summed E-state index contributed by atoms with van der Waals surface area (Å²) in [5.74, 6) is -0.447. The molecule has 1 heterocycles. The summed E-state index contributed by atoms with van der Waals surface area (Å²) in [4.78, 5) is 38.5. The molecule has 2 N–H and O–H groups in total. The number of allylic oxidation sites excluding steroid dienone is 1. The van der Waals surface area contributed by atoms with Crippen molar-refractivity contribution in [2.45, 2.75) is 64.9 Å². The van der Waals surface area contributed by atoms with Crippen LogP contribution in [0.5, 0.6) is 0 Å². The molecular formula is C30H34N2O5. The van der Waals surface area contributed by atoms with Gasteiger partial charge in [0.25, 0.3) is 0 Å². The van der Waals surface area contributed by atoms with E-state index in [1.54, 1.807) is 13.0 Å². The molecular weight excluding hydrogens is 468 g/mol. The summed E-state index contributed by atoms with van der Waals surface area (Å²) in [5.41, 5.74) is 2.00. The van der Waals surface area contributed by atoms with Crippen LogP contribution in [0.2, 0.25) is 0 Å². The number of carbonyl (C=O) groups excluding carboxylic acids is 3. The van der Waals surface area contributed by atoms with Crippen molar-refractivity contribution in [3.05, 3.63) is 52.9 Å². The number of benzene rings is 1. The molecule has 37 heavy (non-hydrogen) atoms. The fraction of sp³-hybridized carbons (Fsp3) is 0.533. The molecule has 0 bridgehead atoms. The molecule has 1 aromatic carbocycles. The van der Waals surface area contributed by atoms with E-state index in [4.69, 9.17) is 0 Å². The third-order valence-corrected chi connectivity index (χ3v) is 10.4. The van der Waals surface area contributed by atoms with Gasteiger partial charge >= 0.3 is 0 Å². The van der Waals surface area contributed by atoms with Gasteiger partial charge in [-0.1, -0.05) is 31.6 Å².